The number of cyclic esters (lactones) is 2. The van der Waals surface area contributed by atoms with E-state index < -0.39 is 17.7 Å². The average molecular weight is 381 g/mol. The number of oxazole rings is 1. The van der Waals surface area contributed by atoms with Crippen molar-refractivity contribution in [3.63, 3.8) is 0 Å². The zero-order valence-corrected chi connectivity index (χ0v) is 14.9. The van der Waals surface area contributed by atoms with Gasteiger partial charge in [0.05, 0.1) is 5.56 Å². The van der Waals surface area contributed by atoms with Crippen molar-refractivity contribution in [2.75, 3.05) is 5.32 Å². The highest BCUT2D eigenvalue weighted by molar-refractivity contribution is 6.15. The average Bonchev–Trinajstić information content (AvgIpc) is 3.03. The van der Waals surface area contributed by atoms with Crippen molar-refractivity contribution in [2.45, 2.75) is 19.6 Å². The Morgan fingerprint density at radius 3 is 2.57 bits per heavy atom. The molecule has 9 nitrogen and oxygen atoms in total. The van der Waals surface area contributed by atoms with Crippen molar-refractivity contribution >= 4 is 28.9 Å². The molecule has 9 heteroatoms. The standard InChI is InChI=1S/C19H15N3O6/c1-19(2)27-17(24)12(18(25)28-19)9-21-10-5-6-11(13(23)8-10)16-22-15-14(26-16)4-3-7-20-15/h3-9,21,23H,1-2H3. The second kappa shape index (κ2) is 6.38. The summed E-state index contributed by atoms with van der Waals surface area (Å²) in [6.07, 6.45) is 2.76. The lowest BCUT2D eigenvalue weighted by Crippen LogP contribution is -2.42. The van der Waals surface area contributed by atoms with Gasteiger partial charge in [0.1, 0.15) is 5.75 Å². The van der Waals surface area contributed by atoms with Gasteiger partial charge in [-0.1, -0.05) is 0 Å². The molecule has 142 valence electrons. The Kier molecular flexibility index (Phi) is 3.99. The van der Waals surface area contributed by atoms with Crippen molar-refractivity contribution in [3.05, 3.63) is 48.3 Å². The maximum absolute atomic E-state index is 11.9. The summed E-state index contributed by atoms with van der Waals surface area (Å²) in [6.45, 7) is 2.93. The second-order valence-electron chi connectivity index (χ2n) is 6.46. The van der Waals surface area contributed by atoms with E-state index in [4.69, 9.17) is 13.9 Å². The zero-order chi connectivity index (χ0) is 19.9. The van der Waals surface area contributed by atoms with Crippen LogP contribution in [0.1, 0.15) is 13.8 Å². The molecule has 0 spiro atoms. The first kappa shape index (κ1) is 17.5. The number of phenolic OH excluding ortho intramolecular Hbond substituents is 1. The normalized spacial score (nSPS) is 15.9. The SMILES string of the molecule is CC1(C)OC(=O)C(=CNc2ccc(-c3nc4ncccc4o3)c(O)c2)C(=O)O1. The van der Waals surface area contributed by atoms with Crippen LogP contribution in [-0.4, -0.2) is 32.8 Å². The minimum atomic E-state index is -1.31. The molecule has 0 unspecified atom stereocenters. The number of fused-ring (bicyclic) bond motifs is 1. The van der Waals surface area contributed by atoms with Crippen LogP contribution in [0.2, 0.25) is 0 Å². The summed E-state index contributed by atoms with van der Waals surface area (Å²) >= 11 is 0. The zero-order valence-electron chi connectivity index (χ0n) is 14.9. The highest BCUT2D eigenvalue weighted by Crippen LogP contribution is 2.33. The Hall–Kier alpha value is -3.88. The third kappa shape index (κ3) is 3.25. The van der Waals surface area contributed by atoms with Crippen LogP contribution in [0.15, 0.2) is 52.7 Å². The first-order valence-electron chi connectivity index (χ1n) is 8.31. The Bertz CT molecular complexity index is 1080. The van der Waals surface area contributed by atoms with E-state index in [-0.39, 0.29) is 17.2 Å². The molecule has 0 aliphatic carbocycles. The van der Waals surface area contributed by atoms with Crippen LogP contribution in [-0.2, 0) is 19.1 Å². The molecule has 3 heterocycles. The van der Waals surface area contributed by atoms with Crippen LogP contribution >= 0.6 is 0 Å². The number of hydrogen-bond donors (Lipinski definition) is 2. The number of carbonyl (C=O) groups is 2. The second-order valence-corrected chi connectivity index (χ2v) is 6.46. The number of pyridine rings is 1. The lowest BCUT2D eigenvalue weighted by molar-refractivity contribution is -0.222. The van der Waals surface area contributed by atoms with Gasteiger partial charge in [0.2, 0.25) is 5.89 Å². The number of nitrogens with zero attached hydrogens (tertiary/aromatic N) is 2. The predicted octanol–water partition coefficient (Wildman–Crippen LogP) is 2.73. The topological polar surface area (TPSA) is 124 Å². The van der Waals surface area contributed by atoms with Gasteiger partial charge in [-0.2, -0.15) is 4.98 Å². The molecule has 0 amide bonds. The van der Waals surface area contributed by atoms with E-state index in [0.717, 1.165) is 6.20 Å². The maximum Gasteiger partial charge on any atom is 0.350 e. The molecule has 1 saturated heterocycles. The fraction of sp³-hybridized carbons (Fsp3) is 0.158. The summed E-state index contributed by atoms with van der Waals surface area (Å²) in [6, 6.07) is 8.05. The molecule has 0 radical (unpaired) electrons. The quantitative estimate of drug-likeness (QED) is 0.400. The third-order valence-corrected chi connectivity index (χ3v) is 3.89. The van der Waals surface area contributed by atoms with E-state index in [1.165, 1.54) is 19.9 Å². The molecule has 1 fully saturated rings. The molecule has 2 aromatic heterocycles. The number of ether oxygens (including phenoxy) is 2. The number of phenols is 1. The summed E-state index contributed by atoms with van der Waals surface area (Å²) in [5.41, 5.74) is 1.44. The van der Waals surface area contributed by atoms with Crippen LogP contribution in [0.3, 0.4) is 0 Å². The molecule has 0 bridgehead atoms. The molecule has 28 heavy (non-hydrogen) atoms. The van der Waals surface area contributed by atoms with E-state index in [9.17, 15) is 14.7 Å². The Balaban J connectivity index is 1.57. The minimum absolute atomic E-state index is 0.107. The minimum Gasteiger partial charge on any atom is -0.507 e. The van der Waals surface area contributed by atoms with Gasteiger partial charge in [0.15, 0.2) is 16.8 Å². The largest absolute Gasteiger partial charge is 0.507 e. The predicted molar refractivity (Wildman–Crippen MR) is 96.9 cm³/mol. The number of nitrogens with one attached hydrogen (secondary N) is 1. The number of rotatable bonds is 3. The van der Waals surface area contributed by atoms with Crippen molar-refractivity contribution < 1.29 is 28.6 Å². The van der Waals surface area contributed by atoms with Gasteiger partial charge in [-0.05, 0) is 24.3 Å². The Labute approximate surface area is 158 Å². The van der Waals surface area contributed by atoms with Gasteiger partial charge in [-0.3, -0.25) is 0 Å². The number of anilines is 1. The lowest BCUT2D eigenvalue weighted by Gasteiger charge is -2.29. The van der Waals surface area contributed by atoms with Crippen molar-refractivity contribution in [1.82, 2.24) is 9.97 Å². The van der Waals surface area contributed by atoms with E-state index >= 15 is 0 Å². The molecule has 3 aromatic rings. The highest BCUT2D eigenvalue weighted by atomic mass is 16.7. The third-order valence-electron chi connectivity index (χ3n) is 3.89. The Morgan fingerprint density at radius 2 is 1.89 bits per heavy atom. The van der Waals surface area contributed by atoms with Gasteiger partial charge < -0.3 is 24.3 Å². The van der Waals surface area contributed by atoms with E-state index in [1.807, 2.05) is 0 Å². The van der Waals surface area contributed by atoms with Crippen LogP contribution in [0.5, 0.6) is 5.75 Å². The van der Waals surface area contributed by atoms with Crippen LogP contribution in [0.4, 0.5) is 5.69 Å². The van der Waals surface area contributed by atoms with Gasteiger partial charge in [-0.15, -0.1) is 0 Å². The summed E-state index contributed by atoms with van der Waals surface area (Å²) in [5.74, 6) is -2.79. The number of carbonyl (C=O) groups excluding carboxylic acids is 2. The molecule has 1 aromatic carbocycles. The molecule has 1 aliphatic rings. The number of hydrogen-bond acceptors (Lipinski definition) is 9. The summed E-state index contributed by atoms with van der Waals surface area (Å²) in [7, 11) is 0. The number of benzene rings is 1. The first-order valence-corrected chi connectivity index (χ1v) is 8.31. The molecule has 0 atom stereocenters. The van der Waals surface area contributed by atoms with Gasteiger partial charge >= 0.3 is 11.9 Å². The Morgan fingerprint density at radius 1 is 1.14 bits per heavy atom. The van der Waals surface area contributed by atoms with E-state index in [2.05, 4.69) is 15.3 Å². The monoisotopic (exact) mass is 381 g/mol. The van der Waals surface area contributed by atoms with Crippen LogP contribution < -0.4 is 5.32 Å². The number of aromatic hydroxyl groups is 1. The van der Waals surface area contributed by atoms with Crippen LogP contribution in [0.25, 0.3) is 22.7 Å². The van der Waals surface area contributed by atoms with Crippen molar-refractivity contribution in [1.29, 1.82) is 0 Å². The van der Waals surface area contributed by atoms with Gasteiger partial charge in [0, 0.05) is 38.0 Å². The van der Waals surface area contributed by atoms with Gasteiger partial charge in [0.25, 0.3) is 5.79 Å². The molecular formula is C19H15N3O6. The van der Waals surface area contributed by atoms with Crippen molar-refractivity contribution in [2.24, 2.45) is 0 Å². The fourth-order valence-corrected chi connectivity index (χ4v) is 2.62. The first-order chi connectivity index (χ1) is 13.3. The number of aromatic nitrogens is 2. The number of esters is 2. The lowest BCUT2D eigenvalue weighted by atomic mass is 10.1. The highest BCUT2D eigenvalue weighted by Gasteiger charge is 2.38. The fourth-order valence-electron chi connectivity index (χ4n) is 2.62. The molecule has 2 N–H and O–H groups in total. The maximum atomic E-state index is 11.9. The summed E-state index contributed by atoms with van der Waals surface area (Å²) in [5, 5.41) is 13.1. The van der Waals surface area contributed by atoms with E-state index in [1.54, 1.807) is 30.5 Å². The van der Waals surface area contributed by atoms with Gasteiger partial charge in [-0.25, -0.2) is 14.6 Å². The van der Waals surface area contributed by atoms with Crippen LogP contribution in [0, 0.1) is 0 Å². The van der Waals surface area contributed by atoms with E-state index in [0.29, 0.717) is 22.5 Å². The molecular weight excluding hydrogens is 366 g/mol. The summed E-state index contributed by atoms with van der Waals surface area (Å²) < 4.78 is 15.6. The molecule has 1 aliphatic heterocycles. The van der Waals surface area contributed by atoms with Crippen molar-refractivity contribution in [3.8, 4) is 17.2 Å². The summed E-state index contributed by atoms with van der Waals surface area (Å²) in [4.78, 5) is 32.2. The molecule has 4 rings (SSSR count). The molecule has 0 saturated carbocycles. The smallest absolute Gasteiger partial charge is 0.350 e.